The number of piperidine rings is 1. The molecule has 0 aromatic carbocycles. The molecule has 1 aliphatic heterocycles. The number of nitrogens with zero attached hydrogens (tertiary/aromatic N) is 1. The van der Waals surface area contributed by atoms with E-state index in [-0.39, 0.29) is 6.04 Å². The summed E-state index contributed by atoms with van der Waals surface area (Å²) in [5.41, 5.74) is 0. The van der Waals surface area contributed by atoms with Crippen molar-refractivity contribution < 1.29 is 9.53 Å². The van der Waals surface area contributed by atoms with Crippen molar-refractivity contribution in [3.05, 3.63) is 0 Å². The molecule has 1 unspecified atom stereocenters. The van der Waals surface area contributed by atoms with Gasteiger partial charge in [0.25, 0.3) is 0 Å². The highest BCUT2D eigenvalue weighted by atomic mass is 16.5. The molecule has 1 aliphatic rings. The highest BCUT2D eigenvalue weighted by Crippen LogP contribution is 2.18. The maximum absolute atomic E-state index is 11.4. The minimum Gasteiger partial charge on any atom is -0.385 e. The molecule has 0 saturated carbocycles. The molecule has 1 saturated heterocycles. The summed E-state index contributed by atoms with van der Waals surface area (Å²) < 4.78 is 5.02. The van der Waals surface area contributed by atoms with Crippen molar-refractivity contribution >= 4 is 5.78 Å². The van der Waals surface area contributed by atoms with Crippen LogP contribution in [0, 0.1) is 0 Å². The van der Waals surface area contributed by atoms with Crippen LogP contribution in [0.4, 0.5) is 0 Å². The van der Waals surface area contributed by atoms with E-state index < -0.39 is 0 Å². The molecule has 1 fully saturated rings. The lowest BCUT2D eigenvalue weighted by atomic mass is 9.99. The summed E-state index contributed by atoms with van der Waals surface area (Å²) in [5.74, 6) is 0.335. The normalized spacial score (nSPS) is 22.9. The van der Waals surface area contributed by atoms with Gasteiger partial charge in [-0.15, -0.1) is 0 Å². The molecule has 0 aromatic rings. The molecule has 0 N–H and O–H groups in total. The Hall–Kier alpha value is -0.410. The van der Waals surface area contributed by atoms with Crippen molar-refractivity contribution in [2.75, 3.05) is 26.8 Å². The first-order valence-corrected chi connectivity index (χ1v) is 5.99. The van der Waals surface area contributed by atoms with Crippen LogP contribution in [0.25, 0.3) is 0 Å². The van der Waals surface area contributed by atoms with Gasteiger partial charge in [0.15, 0.2) is 0 Å². The van der Waals surface area contributed by atoms with Gasteiger partial charge in [0.2, 0.25) is 0 Å². The van der Waals surface area contributed by atoms with Crippen molar-refractivity contribution in [1.29, 1.82) is 0 Å². The number of ether oxygens (including phenoxy) is 1. The fourth-order valence-electron chi connectivity index (χ4n) is 2.28. The first-order valence-electron chi connectivity index (χ1n) is 5.99. The van der Waals surface area contributed by atoms with Gasteiger partial charge in [-0.3, -0.25) is 9.69 Å². The van der Waals surface area contributed by atoms with Crippen LogP contribution in [-0.4, -0.2) is 43.5 Å². The molecule has 88 valence electrons. The SMILES string of the molecule is COCCCCN1CCCCC1C(C)=O. The Labute approximate surface area is 92.8 Å². The van der Waals surface area contributed by atoms with Crippen molar-refractivity contribution in [2.24, 2.45) is 0 Å². The third-order valence-electron chi connectivity index (χ3n) is 3.13. The Morgan fingerprint density at radius 3 is 2.87 bits per heavy atom. The average Bonchev–Trinajstić information content (AvgIpc) is 2.25. The van der Waals surface area contributed by atoms with Crippen molar-refractivity contribution in [3.63, 3.8) is 0 Å². The number of carbonyl (C=O) groups excluding carboxylic acids is 1. The van der Waals surface area contributed by atoms with E-state index in [1.54, 1.807) is 14.0 Å². The number of hydrogen-bond donors (Lipinski definition) is 0. The van der Waals surface area contributed by atoms with Crippen molar-refractivity contribution in [3.8, 4) is 0 Å². The van der Waals surface area contributed by atoms with Gasteiger partial charge in [-0.05, 0) is 45.7 Å². The summed E-state index contributed by atoms with van der Waals surface area (Å²) >= 11 is 0. The quantitative estimate of drug-likeness (QED) is 0.631. The molecule has 1 atom stereocenters. The van der Waals surface area contributed by atoms with Gasteiger partial charge in [0.05, 0.1) is 6.04 Å². The molecule has 0 amide bonds. The molecule has 0 aliphatic carbocycles. The second kappa shape index (κ2) is 6.96. The van der Waals surface area contributed by atoms with E-state index >= 15 is 0 Å². The zero-order chi connectivity index (χ0) is 11.1. The monoisotopic (exact) mass is 213 g/mol. The summed E-state index contributed by atoms with van der Waals surface area (Å²) in [6.45, 7) is 4.70. The topological polar surface area (TPSA) is 29.5 Å². The molecular weight excluding hydrogens is 190 g/mol. The third kappa shape index (κ3) is 4.31. The summed E-state index contributed by atoms with van der Waals surface area (Å²) in [6, 6.07) is 0.196. The van der Waals surface area contributed by atoms with Crippen LogP contribution in [0.3, 0.4) is 0 Å². The number of rotatable bonds is 6. The van der Waals surface area contributed by atoms with E-state index in [4.69, 9.17) is 4.74 Å². The first kappa shape index (κ1) is 12.7. The fraction of sp³-hybridized carbons (Fsp3) is 0.917. The van der Waals surface area contributed by atoms with E-state index in [0.717, 1.165) is 39.0 Å². The van der Waals surface area contributed by atoms with E-state index in [1.807, 2.05) is 0 Å². The Kier molecular flexibility index (Phi) is 5.88. The van der Waals surface area contributed by atoms with E-state index in [2.05, 4.69) is 4.90 Å². The highest BCUT2D eigenvalue weighted by molar-refractivity contribution is 5.81. The smallest absolute Gasteiger partial charge is 0.146 e. The van der Waals surface area contributed by atoms with Crippen LogP contribution in [0.2, 0.25) is 0 Å². The number of methoxy groups -OCH3 is 1. The Bertz CT molecular complexity index is 194. The van der Waals surface area contributed by atoms with Crippen LogP contribution in [0.5, 0.6) is 0 Å². The van der Waals surface area contributed by atoms with Gasteiger partial charge < -0.3 is 4.74 Å². The average molecular weight is 213 g/mol. The molecule has 0 bridgehead atoms. The zero-order valence-corrected chi connectivity index (χ0v) is 10.00. The van der Waals surface area contributed by atoms with Crippen LogP contribution >= 0.6 is 0 Å². The van der Waals surface area contributed by atoms with E-state index in [0.29, 0.717) is 5.78 Å². The summed E-state index contributed by atoms with van der Waals surface area (Å²) in [4.78, 5) is 13.8. The zero-order valence-electron chi connectivity index (χ0n) is 10.00. The molecule has 3 nitrogen and oxygen atoms in total. The second-order valence-electron chi connectivity index (χ2n) is 4.36. The minimum absolute atomic E-state index is 0.196. The lowest BCUT2D eigenvalue weighted by molar-refractivity contribution is -0.123. The maximum Gasteiger partial charge on any atom is 0.146 e. The standard InChI is InChI=1S/C12H23NO2/c1-11(14)12-7-3-4-8-13(12)9-5-6-10-15-2/h12H,3-10H2,1-2H3. The summed E-state index contributed by atoms with van der Waals surface area (Å²) in [7, 11) is 1.74. The molecule has 1 rings (SSSR count). The fourth-order valence-corrected chi connectivity index (χ4v) is 2.28. The number of unbranched alkanes of at least 4 members (excludes halogenated alkanes) is 1. The van der Waals surface area contributed by atoms with Gasteiger partial charge >= 0.3 is 0 Å². The minimum atomic E-state index is 0.196. The lowest BCUT2D eigenvalue weighted by Gasteiger charge is -2.34. The Balaban J connectivity index is 2.26. The van der Waals surface area contributed by atoms with Crippen LogP contribution in [0.1, 0.15) is 39.0 Å². The molecule has 0 spiro atoms. The molecule has 0 aromatic heterocycles. The molecule has 3 heteroatoms. The van der Waals surface area contributed by atoms with Gasteiger partial charge in [-0.25, -0.2) is 0 Å². The molecule has 1 heterocycles. The van der Waals surface area contributed by atoms with E-state index in [9.17, 15) is 4.79 Å². The van der Waals surface area contributed by atoms with Crippen molar-refractivity contribution in [1.82, 2.24) is 4.90 Å². The number of carbonyl (C=O) groups is 1. The third-order valence-corrected chi connectivity index (χ3v) is 3.13. The van der Waals surface area contributed by atoms with Gasteiger partial charge in [0, 0.05) is 13.7 Å². The summed E-state index contributed by atoms with van der Waals surface area (Å²) in [5, 5.41) is 0. The van der Waals surface area contributed by atoms with Gasteiger partial charge in [0.1, 0.15) is 5.78 Å². The molecule has 0 radical (unpaired) electrons. The summed E-state index contributed by atoms with van der Waals surface area (Å²) in [6.07, 6.45) is 5.74. The predicted octanol–water partition coefficient (Wildman–Crippen LogP) is 1.86. The number of likely N-dealkylation sites (tertiary alicyclic amines) is 1. The largest absolute Gasteiger partial charge is 0.385 e. The van der Waals surface area contributed by atoms with Gasteiger partial charge in [-0.2, -0.15) is 0 Å². The molecular formula is C12H23NO2. The van der Waals surface area contributed by atoms with Crippen LogP contribution in [-0.2, 0) is 9.53 Å². The first-order chi connectivity index (χ1) is 7.25. The molecule has 15 heavy (non-hydrogen) atoms. The number of ketones is 1. The maximum atomic E-state index is 11.4. The lowest BCUT2D eigenvalue weighted by Crippen LogP contribution is -2.44. The van der Waals surface area contributed by atoms with Crippen molar-refractivity contribution in [2.45, 2.75) is 45.1 Å². The number of Topliss-reactive ketones (excluding diaryl/α,β-unsaturated/α-hetero) is 1. The highest BCUT2D eigenvalue weighted by Gasteiger charge is 2.24. The second-order valence-corrected chi connectivity index (χ2v) is 4.36. The predicted molar refractivity (Wildman–Crippen MR) is 61.0 cm³/mol. The van der Waals surface area contributed by atoms with Crippen LogP contribution < -0.4 is 0 Å². The van der Waals surface area contributed by atoms with Gasteiger partial charge in [-0.1, -0.05) is 6.42 Å². The van der Waals surface area contributed by atoms with E-state index in [1.165, 1.54) is 12.8 Å². The Morgan fingerprint density at radius 1 is 1.40 bits per heavy atom. The van der Waals surface area contributed by atoms with Crippen LogP contribution in [0.15, 0.2) is 0 Å². The Morgan fingerprint density at radius 2 is 2.20 bits per heavy atom. The number of hydrogen-bond acceptors (Lipinski definition) is 3.